The molecule has 118 valence electrons. The van der Waals surface area contributed by atoms with Gasteiger partial charge in [0.25, 0.3) is 11.7 Å². The first-order chi connectivity index (χ1) is 11.1. The van der Waals surface area contributed by atoms with Crippen molar-refractivity contribution >= 4 is 17.7 Å². The van der Waals surface area contributed by atoms with Crippen molar-refractivity contribution in [3.63, 3.8) is 0 Å². The number of carboxylic acids is 1. The van der Waals surface area contributed by atoms with E-state index in [0.717, 1.165) is 5.56 Å². The third-order valence-corrected chi connectivity index (χ3v) is 4.00. The number of hydrogen-bond acceptors (Lipinski definition) is 5. The Morgan fingerprint density at radius 1 is 1.17 bits per heavy atom. The van der Waals surface area contributed by atoms with Crippen LogP contribution in [0.15, 0.2) is 47.3 Å². The summed E-state index contributed by atoms with van der Waals surface area (Å²) in [6.45, 7) is 0.167. The number of nitrogens with zero attached hydrogens (tertiary/aromatic N) is 2. The first-order valence-electron chi connectivity index (χ1n) is 7.07. The summed E-state index contributed by atoms with van der Waals surface area (Å²) < 4.78 is 4.94. The number of amides is 1. The summed E-state index contributed by atoms with van der Waals surface area (Å²) in [4.78, 5) is 41.0. The molecule has 1 aliphatic rings. The van der Waals surface area contributed by atoms with E-state index in [-0.39, 0.29) is 24.8 Å². The van der Waals surface area contributed by atoms with Gasteiger partial charge in [-0.25, -0.2) is 0 Å². The van der Waals surface area contributed by atoms with Gasteiger partial charge in [0.1, 0.15) is 0 Å². The van der Waals surface area contributed by atoms with E-state index in [1.54, 1.807) is 24.5 Å². The van der Waals surface area contributed by atoms with Crippen LogP contribution < -0.4 is 0 Å². The maximum absolute atomic E-state index is 12.3. The van der Waals surface area contributed by atoms with Crippen molar-refractivity contribution in [2.45, 2.75) is 5.92 Å². The van der Waals surface area contributed by atoms with Crippen molar-refractivity contribution in [3.8, 4) is 0 Å². The van der Waals surface area contributed by atoms with Crippen LogP contribution in [-0.2, 0) is 9.59 Å². The van der Waals surface area contributed by atoms with Crippen LogP contribution in [0.5, 0.6) is 0 Å². The number of hydrogen-bond donors (Lipinski definition) is 1. The van der Waals surface area contributed by atoms with Gasteiger partial charge in [-0.3, -0.25) is 19.4 Å². The molecule has 0 saturated carbocycles. The van der Waals surface area contributed by atoms with Gasteiger partial charge in [0.05, 0.1) is 12.2 Å². The molecule has 0 radical (unpaired) electrons. The molecule has 0 spiro atoms. The molecule has 7 nitrogen and oxygen atoms in total. The molecule has 2 aromatic heterocycles. The number of carbonyl (C=O) groups excluding carboxylic acids is 2. The number of likely N-dealkylation sites (tertiary alicyclic amines) is 1. The van der Waals surface area contributed by atoms with Gasteiger partial charge in [-0.05, 0) is 29.8 Å². The Morgan fingerprint density at radius 3 is 2.52 bits per heavy atom. The molecule has 3 heterocycles. The van der Waals surface area contributed by atoms with E-state index in [0.29, 0.717) is 0 Å². The predicted octanol–water partition coefficient (Wildman–Crippen LogP) is 1.18. The highest BCUT2D eigenvalue weighted by Gasteiger charge is 2.42. The molecule has 2 atom stereocenters. The third kappa shape index (κ3) is 2.85. The van der Waals surface area contributed by atoms with E-state index in [1.165, 1.54) is 23.3 Å². The highest BCUT2D eigenvalue weighted by Crippen LogP contribution is 2.33. The monoisotopic (exact) mass is 314 g/mol. The molecular formula is C16H14N2O5. The molecule has 0 unspecified atom stereocenters. The van der Waals surface area contributed by atoms with Crippen molar-refractivity contribution in [1.29, 1.82) is 0 Å². The Labute approximate surface area is 131 Å². The van der Waals surface area contributed by atoms with Crippen molar-refractivity contribution < 1.29 is 23.9 Å². The van der Waals surface area contributed by atoms with Gasteiger partial charge in [-0.1, -0.05) is 0 Å². The quantitative estimate of drug-likeness (QED) is 0.672. The van der Waals surface area contributed by atoms with Gasteiger partial charge >= 0.3 is 5.97 Å². The van der Waals surface area contributed by atoms with Gasteiger partial charge in [0.15, 0.2) is 5.76 Å². The fourth-order valence-corrected chi connectivity index (χ4v) is 2.83. The van der Waals surface area contributed by atoms with E-state index in [1.807, 2.05) is 0 Å². The maximum Gasteiger partial charge on any atom is 0.308 e. The second kappa shape index (κ2) is 6.04. The van der Waals surface area contributed by atoms with Crippen LogP contribution in [0, 0.1) is 5.92 Å². The molecule has 1 aliphatic heterocycles. The largest absolute Gasteiger partial charge is 0.481 e. The average molecular weight is 314 g/mol. The molecular weight excluding hydrogens is 300 g/mol. The molecule has 0 bridgehead atoms. The van der Waals surface area contributed by atoms with Crippen LogP contribution in [-0.4, -0.2) is 45.7 Å². The van der Waals surface area contributed by atoms with Crippen LogP contribution >= 0.6 is 0 Å². The molecule has 0 aromatic carbocycles. The number of furan rings is 1. The Bertz CT molecular complexity index is 726. The fraction of sp³-hybridized carbons (Fsp3) is 0.250. The van der Waals surface area contributed by atoms with Crippen molar-refractivity contribution in [1.82, 2.24) is 9.88 Å². The lowest BCUT2D eigenvalue weighted by molar-refractivity contribution is -0.141. The molecule has 23 heavy (non-hydrogen) atoms. The Kier molecular flexibility index (Phi) is 3.92. The molecule has 1 saturated heterocycles. The number of pyridine rings is 1. The Morgan fingerprint density at radius 2 is 1.91 bits per heavy atom. The third-order valence-electron chi connectivity index (χ3n) is 4.00. The van der Waals surface area contributed by atoms with Crippen LogP contribution in [0.4, 0.5) is 0 Å². The highest BCUT2D eigenvalue weighted by molar-refractivity contribution is 6.42. The van der Waals surface area contributed by atoms with Gasteiger partial charge in [0.2, 0.25) is 0 Å². The first-order valence-corrected chi connectivity index (χ1v) is 7.07. The summed E-state index contributed by atoms with van der Waals surface area (Å²) in [5, 5.41) is 9.41. The summed E-state index contributed by atoms with van der Waals surface area (Å²) in [5.74, 6) is -3.69. The number of Topliss-reactive ketones (excluding diaryl/α,β-unsaturated/α-hetero) is 1. The minimum Gasteiger partial charge on any atom is -0.481 e. The Hall–Kier alpha value is -2.96. The van der Waals surface area contributed by atoms with Crippen molar-refractivity contribution in [2.24, 2.45) is 5.92 Å². The Balaban J connectivity index is 1.82. The molecule has 0 aliphatic carbocycles. The lowest BCUT2D eigenvalue weighted by Crippen LogP contribution is -2.35. The molecule has 1 N–H and O–H groups in total. The lowest BCUT2D eigenvalue weighted by Gasteiger charge is -2.15. The van der Waals surface area contributed by atoms with E-state index in [9.17, 15) is 19.5 Å². The summed E-state index contributed by atoms with van der Waals surface area (Å²) in [6.07, 6.45) is 4.46. The average Bonchev–Trinajstić information content (AvgIpc) is 3.24. The second-order valence-electron chi connectivity index (χ2n) is 5.35. The van der Waals surface area contributed by atoms with Crippen LogP contribution in [0.3, 0.4) is 0 Å². The smallest absolute Gasteiger partial charge is 0.308 e. The number of carboxylic acid groups (broad SMARTS) is 1. The van der Waals surface area contributed by atoms with Gasteiger partial charge in [-0.2, -0.15) is 0 Å². The number of carbonyl (C=O) groups is 3. The fourth-order valence-electron chi connectivity index (χ4n) is 2.83. The minimum atomic E-state index is -0.993. The minimum absolute atomic E-state index is 0.00634. The molecule has 3 rings (SSSR count). The SMILES string of the molecule is O=C(C(=O)N1C[C@@H](C(=O)O)[C@H](c2ccncc2)C1)c1ccco1. The first kappa shape index (κ1) is 15.0. The summed E-state index contributed by atoms with van der Waals surface area (Å²) in [5.41, 5.74) is 0.785. The number of ketones is 1. The number of aliphatic carboxylic acids is 1. The molecule has 7 heteroatoms. The van der Waals surface area contributed by atoms with Gasteiger partial charge < -0.3 is 14.4 Å². The standard InChI is InChI=1S/C16H14N2O5/c19-14(13-2-1-7-23-13)15(20)18-8-11(12(9-18)16(21)22)10-3-5-17-6-4-10/h1-7,11-12H,8-9H2,(H,21,22)/t11-,12+/m0/s1. The highest BCUT2D eigenvalue weighted by atomic mass is 16.4. The second-order valence-corrected chi connectivity index (χ2v) is 5.35. The van der Waals surface area contributed by atoms with E-state index < -0.39 is 23.6 Å². The van der Waals surface area contributed by atoms with E-state index >= 15 is 0 Å². The van der Waals surface area contributed by atoms with Crippen molar-refractivity contribution in [2.75, 3.05) is 13.1 Å². The zero-order valence-corrected chi connectivity index (χ0v) is 12.1. The van der Waals surface area contributed by atoms with E-state index in [4.69, 9.17) is 4.42 Å². The topological polar surface area (TPSA) is 101 Å². The van der Waals surface area contributed by atoms with Gasteiger partial charge in [-0.15, -0.1) is 0 Å². The lowest BCUT2D eigenvalue weighted by atomic mass is 9.90. The van der Waals surface area contributed by atoms with Crippen LogP contribution in [0.2, 0.25) is 0 Å². The van der Waals surface area contributed by atoms with Crippen LogP contribution in [0.25, 0.3) is 0 Å². The zero-order valence-electron chi connectivity index (χ0n) is 12.1. The molecule has 2 aromatic rings. The van der Waals surface area contributed by atoms with Crippen molar-refractivity contribution in [3.05, 3.63) is 54.2 Å². The summed E-state index contributed by atoms with van der Waals surface area (Å²) in [7, 11) is 0. The van der Waals surface area contributed by atoms with Gasteiger partial charge in [0, 0.05) is 31.4 Å². The number of rotatable bonds is 4. The normalized spacial score (nSPS) is 20.4. The number of aromatic nitrogens is 1. The van der Waals surface area contributed by atoms with Crippen LogP contribution in [0.1, 0.15) is 22.0 Å². The predicted molar refractivity (Wildman–Crippen MR) is 77.7 cm³/mol. The molecule has 1 fully saturated rings. The molecule has 1 amide bonds. The van der Waals surface area contributed by atoms with E-state index in [2.05, 4.69) is 4.98 Å². The zero-order chi connectivity index (χ0) is 16.4. The summed E-state index contributed by atoms with van der Waals surface area (Å²) in [6, 6.07) is 6.38. The maximum atomic E-state index is 12.3. The summed E-state index contributed by atoms with van der Waals surface area (Å²) >= 11 is 0.